The van der Waals surface area contributed by atoms with Crippen molar-refractivity contribution in [3.05, 3.63) is 0 Å². The lowest BCUT2D eigenvalue weighted by Gasteiger charge is -2.35. The first-order valence-electron chi connectivity index (χ1n) is 10.5. The second-order valence-corrected chi connectivity index (χ2v) is 7.46. The number of piperazine rings is 2. The zero-order valence-electron chi connectivity index (χ0n) is 17.1. The van der Waals surface area contributed by atoms with Crippen molar-refractivity contribution in [2.75, 3.05) is 98.3 Å². The Hall–Kier alpha value is -0.280. The number of hydrogen-bond acceptors (Lipinski definition) is 7. The SMILES string of the molecule is CCCN1CCN(CCOC(C)OCCN2CCN(CCN)CC2)CC1. The van der Waals surface area contributed by atoms with Gasteiger partial charge in [0.15, 0.2) is 6.29 Å². The summed E-state index contributed by atoms with van der Waals surface area (Å²) < 4.78 is 11.7. The molecule has 2 aliphatic rings. The second-order valence-electron chi connectivity index (χ2n) is 7.46. The van der Waals surface area contributed by atoms with Crippen molar-refractivity contribution in [2.45, 2.75) is 26.6 Å². The fraction of sp³-hybridized carbons (Fsp3) is 1.00. The molecule has 0 amide bonds. The van der Waals surface area contributed by atoms with E-state index in [1.807, 2.05) is 6.92 Å². The van der Waals surface area contributed by atoms with Gasteiger partial charge in [0.2, 0.25) is 0 Å². The van der Waals surface area contributed by atoms with E-state index in [1.54, 1.807) is 0 Å². The molecule has 2 fully saturated rings. The quantitative estimate of drug-likeness (QED) is 0.484. The van der Waals surface area contributed by atoms with Crippen molar-refractivity contribution < 1.29 is 9.47 Å². The third kappa shape index (κ3) is 8.61. The van der Waals surface area contributed by atoms with Gasteiger partial charge in [0, 0.05) is 78.5 Å². The molecule has 0 aliphatic carbocycles. The van der Waals surface area contributed by atoms with Gasteiger partial charge in [-0.05, 0) is 19.9 Å². The van der Waals surface area contributed by atoms with Crippen LogP contribution in [0.4, 0.5) is 0 Å². The van der Waals surface area contributed by atoms with Gasteiger partial charge in [0.25, 0.3) is 0 Å². The third-order valence-corrected chi connectivity index (χ3v) is 5.44. The van der Waals surface area contributed by atoms with E-state index >= 15 is 0 Å². The van der Waals surface area contributed by atoms with Crippen molar-refractivity contribution in [1.29, 1.82) is 0 Å². The van der Waals surface area contributed by atoms with Crippen molar-refractivity contribution in [3.63, 3.8) is 0 Å². The molecule has 0 saturated carbocycles. The molecule has 0 bridgehead atoms. The Morgan fingerprint density at radius 1 is 0.692 bits per heavy atom. The maximum absolute atomic E-state index is 5.84. The van der Waals surface area contributed by atoms with E-state index in [0.717, 1.165) is 78.7 Å². The van der Waals surface area contributed by atoms with Crippen LogP contribution in [0.3, 0.4) is 0 Å². The zero-order valence-corrected chi connectivity index (χ0v) is 17.1. The van der Waals surface area contributed by atoms with Gasteiger partial charge in [-0.15, -0.1) is 0 Å². The van der Waals surface area contributed by atoms with Crippen LogP contribution in [-0.4, -0.2) is 124 Å². The van der Waals surface area contributed by atoms with E-state index in [-0.39, 0.29) is 6.29 Å². The van der Waals surface area contributed by atoms with Crippen molar-refractivity contribution >= 4 is 0 Å². The van der Waals surface area contributed by atoms with E-state index in [9.17, 15) is 0 Å². The number of nitrogens with two attached hydrogens (primary N) is 1. The lowest BCUT2D eigenvalue weighted by Crippen LogP contribution is -2.48. The number of nitrogens with zero attached hydrogens (tertiary/aromatic N) is 4. The Balaban J connectivity index is 1.44. The molecule has 26 heavy (non-hydrogen) atoms. The molecule has 2 N–H and O–H groups in total. The molecule has 2 aliphatic heterocycles. The minimum atomic E-state index is -0.116. The average molecular weight is 372 g/mol. The molecule has 0 aromatic carbocycles. The molecule has 2 saturated heterocycles. The van der Waals surface area contributed by atoms with E-state index in [1.165, 1.54) is 26.1 Å². The predicted molar refractivity (Wildman–Crippen MR) is 106 cm³/mol. The van der Waals surface area contributed by atoms with Gasteiger partial charge >= 0.3 is 0 Å². The van der Waals surface area contributed by atoms with Gasteiger partial charge in [-0.1, -0.05) is 6.92 Å². The van der Waals surface area contributed by atoms with Crippen LogP contribution in [0.5, 0.6) is 0 Å². The van der Waals surface area contributed by atoms with Gasteiger partial charge in [-0.2, -0.15) is 0 Å². The molecule has 154 valence electrons. The molecule has 7 heteroatoms. The summed E-state index contributed by atoms with van der Waals surface area (Å²) in [6.45, 7) is 19.9. The average Bonchev–Trinajstić information content (AvgIpc) is 2.65. The van der Waals surface area contributed by atoms with Crippen LogP contribution in [0.25, 0.3) is 0 Å². The topological polar surface area (TPSA) is 57.4 Å². The molecule has 1 unspecified atom stereocenters. The summed E-state index contributed by atoms with van der Waals surface area (Å²) in [7, 11) is 0. The molecule has 0 spiro atoms. The highest BCUT2D eigenvalue weighted by Gasteiger charge is 2.17. The van der Waals surface area contributed by atoms with Crippen LogP contribution < -0.4 is 5.73 Å². The van der Waals surface area contributed by atoms with Gasteiger partial charge in [-0.25, -0.2) is 0 Å². The Labute approximate surface area is 160 Å². The Morgan fingerprint density at radius 3 is 1.46 bits per heavy atom. The van der Waals surface area contributed by atoms with Crippen LogP contribution in [0.15, 0.2) is 0 Å². The van der Waals surface area contributed by atoms with Gasteiger partial charge in [0.1, 0.15) is 0 Å². The van der Waals surface area contributed by atoms with E-state index in [4.69, 9.17) is 15.2 Å². The van der Waals surface area contributed by atoms with Crippen LogP contribution in [-0.2, 0) is 9.47 Å². The summed E-state index contributed by atoms with van der Waals surface area (Å²) in [6.07, 6.45) is 1.14. The minimum absolute atomic E-state index is 0.116. The van der Waals surface area contributed by atoms with E-state index in [2.05, 4.69) is 26.5 Å². The molecule has 7 nitrogen and oxygen atoms in total. The monoisotopic (exact) mass is 371 g/mol. The number of rotatable bonds is 12. The third-order valence-electron chi connectivity index (χ3n) is 5.44. The summed E-state index contributed by atoms with van der Waals surface area (Å²) in [4.78, 5) is 9.96. The summed E-state index contributed by atoms with van der Waals surface area (Å²) in [5.41, 5.74) is 5.62. The van der Waals surface area contributed by atoms with Crippen LogP contribution in [0.2, 0.25) is 0 Å². The predicted octanol–water partition coefficient (Wildman–Crippen LogP) is -0.0305. The van der Waals surface area contributed by atoms with Crippen LogP contribution in [0, 0.1) is 0 Å². The minimum Gasteiger partial charge on any atom is -0.352 e. The molecule has 2 heterocycles. The highest BCUT2D eigenvalue weighted by Crippen LogP contribution is 2.04. The van der Waals surface area contributed by atoms with Gasteiger partial charge in [-0.3, -0.25) is 14.7 Å². The van der Waals surface area contributed by atoms with E-state index in [0.29, 0.717) is 0 Å². The summed E-state index contributed by atoms with van der Waals surface area (Å²) in [6, 6.07) is 0. The first-order valence-corrected chi connectivity index (χ1v) is 10.5. The lowest BCUT2D eigenvalue weighted by atomic mass is 10.3. The lowest BCUT2D eigenvalue weighted by molar-refractivity contribution is -0.136. The second kappa shape index (κ2) is 13.0. The van der Waals surface area contributed by atoms with Gasteiger partial charge in [0.05, 0.1) is 13.2 Å². The smallest absolute Gasteiger partial charge is 0.154 e. The summed E-state index contributed by atoms with van der Waals surface area (Å²) in [5, 5.41) is 0. The molecule has 0 aromatic heterocycles. The molecule has 0 aromatic rings. The maximum Gasteiger partial charge on any atom is 0.154 e. The van der Waals surface area contributed by atoms with Crippen LogP contribution >= 0.6 is 0 Å². The zero-order chi connectivity index (χ0) is 18.6. The highest BCUT2D eigenvalue weighted by molar-refractivity contribution is 4.72. The first-order chi connectivity index (χ1) is 12.7. The molecular formula is C19H41N5O2. The Kier molecular flexibility index (Phi) is 11.0. The number of ether oxygens (including phenoxy) is 2. The Morgan fingerprint density at radius 2 is 1.08 bits per heavy atom. The fourth-order valence-electron chi connectivity index (χ4n) is 3.72. The van der Waals surface area contributed by atoms with E-state index < -0.39 is 0 Å². The van der Waals surface area contributed by atoms with Crippen molar-refractivity contribution in [3.8, 4) is 0 Å². The molecular weight excluding hydrogens is 330 g/mol. The molecule has 1 atom stereocenters. The normalized spacial score (nSPS) is 22.7. The number of hydrogen-bond donors (Lipinski definition) is 1. The summed E-state index contributed by atoms with van der Waals surface area (Å²) >= 11 is 0. The molecule has 0 radical (unpaired) electrons. The fourth-order valence-corrected chi connectivity index (χ4v) is 3.72. The van der Waals surface area contributed by atoms with Crippen molar-refractivity contribution in [1.82, 2.24) is 19.6 Å². The first kappa shape index (κ1) is 22.0. The summed E-state index contributed by atoms with van der Waals surface area (Å²) in [5.74, 6) is 0. The molecule has 2 rings (SSSR count). The standard InChI is InChI=1S/C19H41N5O2/c1-3-5-21-7-11-23(12-8-21)15-17-25-19(2)26-18-16-24-13-9-22(6-4-20)10-14-24/h19H,3-18,20H2,1-2H3. The maximum atomic E-state index is 5.84. The Bertz CT molecular complexity index is 313. The van der Waals surface area contributed by atoms with Gasteiger partial charge < -0.3 is 20.1 Å². The van der Waals surface area contributed by atoms with Crippen LogP contribution in [0.1, 0.15) is 20.3 Å². The van der Waals surface area contributed by atoms with Crippen molar-refractivity contribution in [2.24, 2.45) is 5.73 Å². The largest absolute Gasteiger partial charge is 0.352 e. The highest BCUT2D eigenvalue weighted by atomic mass is 16.7.